The summed E-state index contributed by atoms with van der Waals surface area (Å²) >= 11 is 0. The van der Waals surface area contributed by atoms with E-state index in [1.165, 1.54) is 12.8 Å². The van der Waals surface area contributed by atoms with Crippen LogP contribution in [0.15, 0.2) is 24.5 Å². The van der Waals surface area contributed by atoms with Crippen LogP contribution in [0.3, 0.4) is 0 Å². The minimum absolute atomic E-state index is 0.409. The molecule has 0 bridgehead atoms. The molecule has 3 rings (SSSR count). The van der Waals surface area contributed by atoms with E-state index >= 15 is 0 Å². The fraction of sp³-hybridized carbons (Fsp3) is 0.538. The highest BCUT2D eigenvalue weighted by Crippen LogP contribution is 2.27. The average molecular weight is 245 g/mol. The summed E-state index contributed by atoms with van der Waals surface area (Å²) in [5.41, 5.74) is 6.79. The highest BCUT2D eigenvalue weighted by Gasteiger charge is 2.28. The average Bonchev–Trinajstić information content (AvgIpc) is 2.85. The topological polar surface area (TPSA) is 59.5 Å². The Kier molecular flexibility index (Phi) is 2.91. The van der Waals surface area contributed by atoms with Crippen LogP contribution in [-0.4, -0.2) is 33.2 Å². The van der Waals surface area contributed by atoms with Gasteiger partial charge in [-0.1, -0.05) is 0 Å². The molecule has 0 spiro atoms. The molecule has 1 saturated heterocycles. The monoisotopic (exact) mass is 245 g/mol. The normalized spacial score (nSPS) is 24.7. The molecule has 0 saturated carbocycles. The number of nitrogens with zero attached hydrogens (tertiary/aromatic N) is 4. The molecule has 5 heteroatoms. The summed E-state index contributed by atoms with van der Waals surface area (Å²) in [6, 6.07) is 4.87. The van der Waals surface area contributed by atoms with E-state index in [1.54, 1.807) is 10.7 Å². The van der Waals surface area contributed by atoms with Crippen LogP contribution in [0.1, 0.15) is 26.2 Å². The van der Waals surface area contributed by atoms with Crippen LogP contribution in [0, 0.1) is 0 Å². The van der Waals surface area contributed by atoms with E-state index in [1.807, 2.05) is 18.3 Å². The number of piperidine rings is 1. The van der Waals surface area contributed by atoms with Gasteiger partial charge in [0.05, 0.1) is 6.20 Å². The van der Waals surface area contributed by atoms with Crippen LogP contribution in [0.5, 0.6) is 0 Å². The zero-order valence-electron chi connectivity index (χ0n) is 10.7. The molecule has 2 N–H and O–H groups in total. The third-order valence-corrected chi connectivity index (χ3v) is 3.81. The molecule has 1 fully saturated rings. The molecule has 18 heavy (non-hydrogen) atoms. The largest absolute Gasteiger partial charge is 0.350 e. The number of rotatable bonds is 2. The number of aromatic nitrogens is 3. The highest BCUT2D eigenvalue weighted by atomic mass is 15.3. The summed E-state index contributed by atoms with van der Waals surface area (Å²) in [5, 5.41) is 4.17. The van der Waals surface area contributed by atoms with Crippen LogP contribution >= 0.6 is 0 Å². The molecular formula is C13H19N5. The fourth-order valence-electron chi connectivity index (χ4n) is 2.88. The van der Waals surface area contributed by atoms with E-state index in [2.05, 4.69) is 21.9 Å². The molecule has 0 radical (unpaired) electrons. The zero-order chi connectivity index (χ0) is 12.5. The van der Waals surface area contributed by atoms with Gasteiger partial charge in [0, 0.05) is 30.9 Å². The quantitative estimate of drug-likeness (QED) is 0.869. The van der Waals surface area contributed by atoms with E-state index in [0.717, 1.165) is 17.9 Å². The Morgan fingerprint density at radius 3 is 3.11 bits per heavy atom. The Morgan fingerprint density at radius 2 is 2.28 bits per heavy atom. The highest BCUT2D eigenvalue weighted by molar-refractivity contribution is 5.49. The molecule has 2 aromatic rings. The van der Waals surface area contributed by atoms with Gasteiger partial charge in [0.15, 0.2) is 5.65 Å². The number of hydrogen-bond acceptors (Lipinski definition) is 4. The second-order valence-corrected chi connectivity index (χ2v) is 5.00. The molecule has 96 valence electrons. The van der Waals surface area contributed by atoms with E-state index in [4.69, 9.17) is 5.73 Å². The van der Waals surface area contributed by atoms with Gasteiger partial charge in [-0.15, -0.1) is 0 Å². The van der Waals surface area contributed by atoms with Gasteiger partial charge in [-0.3, -0.25) is 0 Å². The van der Waals surface area contributed by atoms with Crippen molar-refractivity contribution in [1.29, 1.82) is 0 Å². The molecule has 2 atom stereocenters. The molecule has 0 amide bonds. The first-order valence-electron chi connectivity index (χ1n) is 6.58. The molecule has 2 unspecified atom stereocenters. The summed E-state index contributed by atoms with van der Waals surface area (Å²) in [4.78, 5) is 7.05. The maximum absolute atomic E-state index is 5.90. The third-order valence-electron chi connectivity index (χ3n) is 3.81. The van der Waals surface area contributed by atoms with Gasteiger partial charge in [-0.05, 0) is 32.3 Å². The van der Waals surface area contributed by atoms with E-state index in [9.17, 15) is 0 Å². The van der Waals surface area contributed by atoms with E-state index in [-0.39, 0.29) is 0 Å². The predicted octanol–water partition coefficient (Wildman–Crippen LogP) is 1.44. The Hall–Kier alpha value is -1.62. The molecule has 0 aliphatic carbocycles. The number of hydrogen-bond donors (Lipinski definition) is 1. The van der Waals surface area contributed by atoms with Gasteiger partial charge in [-0.2, -0.15) is 5.10 Å². The lowest BCUT2D eigenvalue weighted by Crippen LogP contribution is -2.49. The molecule has 2 aromatic heterocycles. The van der Waals surface area contributed by atoms with Crippen molar-refractivity contribution in [2.75, 3.05) is 11.4 Å². The molecule has 1 aliphatic rings. The SMILES string of the molecule is CC1CCCC(CN)N1c1ccn2nccc2n1. The van der Waals surface area contributed by atoms with Crippen molar-refractivity contribution in [2.45, 2.75) is 38.3 Å². The summed E-state index contributed by atoms with van der Waals surface area (Å²) in [5.74, 6) is 1.02. The fourth-order valence-corrected chi connectivity index (χ4v) is 2.88. The lowest BCUT2D eigenvalue weighted by Gasteiger charge is -2.41. The molecule has 3 heterocycles. The zero-order valence-corrected chi connectivity index (χ0v) is 10.7. The maximum Gasteiger partial charge on any atom is 0.157 e. The lowest BCUT2D eigenvalue weighted by atomic mass is 9.96. The minimum atomic E-state index is 0.409. The van der Waals surface area contributed by atoms with Crippen LogP contribution < -0.4 is 10.6 Å². The van der Waals surface area contributed by atoms with Crippen molar-refractivity contribution in [2.24, 2.45) is 5.73 Å². The van der Waals surface area contributed by atoms with Crippen LogP contribution in [-0.2, 0) is 0 Å². The Labute approximate surface area is 107 Å². The van der Waals surface area contributed by atoms with Crippen LogP contribution in [0.4, 0.5) is 5.82 Å². The first-order valence-corrected chi connectivity index (χ1v) is 6.58. The number of anilines is 1. The summed E-state index contributed by atoms with van der Waals surface area (Å²) in [7, 11) is 0. The third kappa shape index (κ3) is 1.84. The van der Waals surface area contributed by atoms with Gasteiger partial charge < -0.3 is 10.6 Å². The molecule has 1 aliphatic heterocycles. The number of fused-ring (bicyclic) bond motifs is 1. The van der Waals surface area contributed by atoms with Gasteiger partial charge in [-0.25, -0.2) is 9.50 Å². The van der Waals surface area contributed by atoms with Gasteiger partial charge in [0.2, 0.25) is 0 Å². The van der Waals surface area contributed by atoms with Crippen molar-refractivity contribution in [3.05, 3.63) is 24.5 Å². The van der Waals surface area contributed by atoms with Crippen LogP contribution in [0.25, 0.3) is 5.65 Å². The van der Waals surface area contributed by atoms with Gasteiger partial charge >= 0.3 is 0 Å². The summed E-state index contributed by atoms with van der Waals surface area (Å²) in [6.45, 7) is 2.94. The van der Waals surface area contributed by atoms with Crippen LogP contribution in [0.2, 0.25) is 0 Å². The summed E-state index contributed by atoms with van der Waals surface area (Å²) < 4.78 is 1.79. The first kappa shape index (κ1) is 11.5. The summed E-state index contributed by atoms with van der Waals surface area (Å²) in [6.07, 6.45) is 7.36. The molecular weight excluding hydrogens is 226 g/mol. The standard InChI is InChI=1S/C13H19N5/c1-10-3-2-4-11(9-14)18(10)13-6-8-17-12(16-13)5-7-15-17/h5-8,10-11H,2-4,9,14H2,1H3. The molecule has 0 aromatic carbocycles. The first-order chi connectivity index (χ1) is 8.79. The molecule has 5 nitrogen and oxygen atoms in total. The van der Waals surface area contributed by atoms with Crippen molar-refractivity contribution in [3.63, 3.8) is 0 Å². The maximum atomic E-state index is 5.90. The van der Waals surface area contributed by atoms with E-state index < -0.39 is 0 Å². The van der Waals surface area contributed by atoms with Gasteiger partial charge in [0.1, 0.15) is 5.82 Å². The second-order valence-electron chi connectivity index (χ2n) is 5.00. The van der Waals surface area contributed by atoms with Crippen molar-refractivity contribution in [1.82, 2.24) is 14.6 Å². The lowest BCUT2D eigenvalue weighted by molar-refractivity contribution is 0.398. The second kappa shape index (κ2) is 4.57. The Balaban J connectivity index is 1.99. The van der Waals surface area contributed by atoms with E-state index in [0.29, 0.717) is 18.6 Å². The number of nitrogens with two attached hydrogens (primary N) is 1. The Bertz CT molecular complexity index is 535. The van der Waals surface area contributed by atoms with Crippen molar-refractivity contribution in [3.8, 4) is 0 Å². The minimum Gasteiger partial charge on any atom is -0.350 e. The smallest absolute Gasteiger partial charge is 0.157 e. The van der Waals surface area contributed by atoms with Gasteiger partial charge in [0.25, 0.3) is 0 Å². The van der Waals surface area contributed by atoms with Crippen molar-refractivity contribution < 1.29 is 0 Å². The predicted molar refractivity (Wildman–Crippen MR) is 71.6 cm³/mol. The Morgan fingerprint density at radius 1 is 1.39 bits per heavy atom. The van der Waals surface area contributed by atoms with Crippen molar-refractivity contribution >= 4 is 11.5 Å².